The van der Waals surface area contributed by atoms with Crippen molar-refractivity contribution in [2.45, 2.75) is 103 Å². The van der Waals surface area contributed by atoms with Crippen LogP contribution in [0.15, 0.2) is 0 Å². The van der Waals surface area contributed by atoms with E-state index in [0.717, 1.165) is 19.3 Å². The molecule has 0 aromatic heterocycles. The van der Waals surface area contributed by atoms with Crippen LogP contribution < -0.4 is 29.6 Å². The van der Waals surface area contributed by atoms with E-state index in [1.807, 2.05) is 0 Å². The Kier molecular flexibility index (Phi) is 20.1. The first-order valence-corrected chi connectivity index (χ1v) is 10.6. The van der Waals surface area contributed by atoms with Gasteiger partial charge < -0.3 is 9.66 Å². The van der Waals surface area contributed by atoms with Gasteiger partial charge in [-0.15, -0.1) is 0 Å². The third-order valence-electron chi connectivity index (χ3n) is 4.04. The van der Waals surface area contributed by atoms with Crippen molar-refractivity contribution in [1.82, 2.24) is 0 Å². The van der Waals surface area contributed by atoms with Gasteiger partial charge in [-0.2, -0.15) is 0 Å². The molecule has 0 aliphatic carbocycles. The van der Waals surface area contributed by atoms with Crippen LogP contribution in [-0.4, -0.2) is 29.9 Å². The summed E-state index contributed by atoms with van der Waals surface area (Å²) in [4.78, 5) is 0. The molecule has 4 nitrogen and oxygen atoms in total. The van der Waals surface area contributed by atoms with Crippen LogP contribution in [0.2, 0.25) is 0 Å². The SMILES string of the molecule is CCCCCCCCCCCCCCCC(O)CS(=O)(=O)[O-].[Na+]. The molecule has 134 valence electrons. The molecule has 1 unspecified atom stereocenters. The summed E-state index contributed by atoms with van der Waals surface area (Å²) in [6, 6.07) is 0. The van der Waals surface area contributed by atoms with Crippen molar-refractivity contribution in [3.05, 3.63) is 0 Å². The number of aliphatic hydroxyl groups excluding tert-OH is 1. The Bertz CT molecular complexity index is 333. The Balaban J connectivity index is 0. The second-order valence-corrected chi connectivity index (χ2v) is 7.86. The molecular weight excluding hydrogens is 323 g/mol. The molecule has 1 N–H and O–H groups in total. The third kappa shape index (κ3) is 22.9. The number of hydrogen-bond acceptors (Lipinski definition) is 4. The Morgan fingerprint density at radius 2 is 1.13 bits per heavy atom. The fourth-order valence-electron chi connectivity index (χ4n) is 2.72. The standard InChI is InChI=1S/C17H36O4S.Na/c1-2-3-4-5-6-7-8-9-10-11-12-13-14-15-17(18)16-22(19,20)21;/h17-18H,2-16H2,1H3,(H,19,20,21);/q;+1/p-1. The smallest absolute Gasteiger partial charge is 0.748 e. The Hall–Kier alpha value is 0.870. The van der Waals surface area contributed by atoms with Gasteiger partial charge in [0.25, 0.3) is 0 Å². The molecule has 0 bridgehead atoms. The van der Waals surface area contributed by atoms with Crippen molar-refractivity contribution >= 4 is 10.1 Å². The minimum atomic E-state index is -4.29. The van der Waals surface area contributed by atoms with E-state index >= 15 is 0 Å². The van der Waals surface area contributed by atoms with Crippen molar-refractivity contribution < 1.29 is 47.6 Å². The fourth-order valence-corrected chi connectivity index (χ4v) is 3.35. The maximum Gasteiger partial charge on any atom is 1.00 e. The van der Waals surface area contributed by atoms with Gasteiger partial charge in [-0.05, 0) is 6.42 Å². The minimum absolute atomic E-state index is 0. The molecule has 23 heavy (non-hydrogen) atoms. The van der Waals surface area contributed by atoms with Crippen molar-refractivity contribution in [3.63, 3.8) is 0 Å². The molecule has 0 radical (unpaired) electrons. The van der Waals surface area contributed by atoms with Crippen LogP contribution in [0.3, 0.4) is 0 Å². The van der Waals surface area contributed by atoms with E-state index in [4.69, 9.17) is 0 Å². The van der Waals surface area contributed by atoms with Gasteiger partial charge in [0.1, 0.15) is 0 Å². The maximum absolute atomic E-state index is 10.5. The average molecular weight is 359 g/mol. The number of hydrogen-bond donors (Lipinski definition) is 1. The first-order valence-electron chi connectivity index (χ1n) is 9.07. The quantitative estimate of drug-likeness (QED) is 0.257. The molecule has 0 fully saturated rings. The van der Waals surface area contributed by atoms with Crippen molar-refractivity contribution in [2.75, 3.05) is 5.75 Å². The van der Waals surface area contributed by atoms with Crippen molar-refractivity contribution in [2.24, 2.45) is 0 Å². The fraction of sp³-hybridized carbons (Fsp3) is 1.00. The average Bonchev–Trinajstić information content (AvgIpc) is 2.42. The Morgan fingerprint density at radius 1 is 0.783 bits per heavy atom. The Morgan fingerprint density at radius 3 is 1.48 bits per heavy atom. The van der Waals surface area contributed by atoms with Gasteiger partial charge in [-0.1, -0.05) is 90.4 Å². The van der Waals surface area contributed by atoms with Crippen molar-refractivity contribution in [1.29, 1.82) is 0 Å². The molecule has 0 saturated heterocycles. The molecule has 0 aliphatic rings. The summed E-state index contributed by atoms with van der Waals surface area (Å²) in [5, 5.41) is 9.38. The summed E-state index contributed by atoms with van der Waals surface area (Å²) in [5.41, 5.74) is 0. The summed E-state index contributed by atoms with van der Waals surface area (Å²) >= 11 is 0. The Labute approximate surface area is 165 Å². The summed E-state index contributed by atoms with van der Waals surface area (Å²) in [5.74, 6) is -0.648. The largest absolute Gasteiger partial charge is 1.00 e. The molecular formula is C17H35NaO4S. The van der Waals surface area contributed by atoms with Crippen LogP contribution in [0.4, 0.5) is 0 Å². The van der Waals surface area contributed by atoms with Gasteiger partial charge in [-0.25, -0.2) is 8.42 Å². The number of aliphatic hydroxyl groups is 1. The molecule has 0 aromatic rings. The van der Waals surface area contributed by atoms with Crippen LogP contribution in [0, 0.1) is 0 Å². The van der Waals surface area contributed by atoms with Gasteiger partial charge >= 0.3 is 29.6 Å². The normalized spacial score (nSPS) is 12.8. The van der Waals surface area contributed by atoms with E-state index in [2.05, 4.69) is 6.92 Å². The predicted octanol–water partition coefficient (Wildman–Crippen LogP) is 1.38. The van der Waals surface area contributed by atoms with E-state index in [0.29, 0.717) is 6.42 Å². The molecule has 6 heteroatoms. The number of unbranched alkanes of at least 4 members (excludes halogenated alkanes) is 12. The topological polar surface area (TPSA) is 77.4 Å². The molecule has 0 heterocycles. The maximum atomic E-state index is 10.5. The first kappa shape index (κ1) is 26.1. The van der Waals surface area contributed by atoms with Crippen molar-refractivity contribution in [3.8, 4) is 0 Å². The van der Waals surface area contributed by atoms with E-state index in [1.54, 1.807) is 0 Å². The predicted molar refractivity (Wildman–Crippen MR) is 90.9 cm³/mol. The molecule has 0 amide bonds. The van der Waals surface area contributed by atoms with E-state index in [9.17, 15) is 18.1 Å². The van der Waals surface area contributed by atoms with Gasteiger partial charge in [0.2, 0.25) is 0 Å². The van der Waals surface area contributed by atoms with Crippen LogP contribution in [0.1, 0.15) is 96.8 Å². The summed E-state index contributed by atoms with van der Waals surface area (Å²) in [6.45, 7) is 2.24. The molecule has 0 rings (SSSR count). The summed E-state index contributed by atoms with van der Waals surface area (Å²) < 4.78 is 31.4. The van der Waals surface area contributed by atoms with Gasteiger partial charge in [0.15, 0.2) is 0 Å². The van der Waals surface area contributed by atoms with E-state index < -0.39 is 22.0 Å². The minimum Gasteiger partial charge on any atom is -0.748 e. The van der Waals surface area contributed by atoms with Crippen LogP contribution in [0.5, 0.6) is 0 Å². The second-order valence-electron chi connectivity index (χ2n) is 6.41. The third-order valence-corrected chi connectivity index (χ3v) is 4.83. The molecule has 1 atom stereocenters. The van der Waals surface area contributed by atoms with E-state index in [1.165, 1.54) is 64.2 Å². The second kappa shape index (κ2) is 17.7. The first-order chi connectivity index (χ1) is 10.5. The molecule has 0 aliphatic heterocycles. The summed E-state index contributed by atoms with van der Waals surface area (Å²) in [7, 11) is -4.29. The van der Waals surface area contributed by atoms with Gasteiger partial charge in [0.05, 0.1) is 22.0 Å². The van der Waals surface area contributed by atoms with E-state index in [-0.39, 0.29) is 29.6 Å². The summed E-state index contributed by atoms with van der Waals surface area (Å²) in [6.07, 6.45) is 15.7. The zero-order chi connectivity index (χ0) is 16.7. The zero-order valence-electron chi connectivity index (χ0n) is 15.3. The molecule has 0 spiro atoms. The van der Waals surface area contributed by atoms with Crippen LogP contribution >= 0.6 is 0 Å². The van der Waals surface area contributed by atoms with Crippen LogP contribution in [0.25, 0.3) is 0 Å². The van der Waals surface area contributed by atoms with Crippen LogP contribution in [-0.2, 0) is 10.1 Å². The zero-order valence-corrected chi connectivity index (χ0v) is 18.1. The monoisotopic (exact) mass is 358 g/mol. The molecule has 0 aromatic carbocycles. The molecule has 0 saturated carbocycles. The van der Waals surface area contributed by atoms with Gasteiger partial charge in [-0.3, -0.25) is 0 Å². The van der Waals surface area contributed by atoms with Gasteiger partial charge in [0, 0.05) is 0 Å². The number of rotatable bonds is 16.